The second kappa shape index (κ2) is 28.0. The Kier molecular flexibility index (Phi) is 21.0. The van der Waals surface area contributed by atoms with Crippen molar-refractivity contribution in [2.24, 2.45) is 0 Å². The molecule has 11 heteroatoms. The number of halogens is 1. The maximum Gasteiger partial charge on any atom is 0.343 e. The van der Waals surface area contributed by atoms with Crippen LogP contribution in [0.15, 0.2) is 127 Å². The Balaban J connectivity index is 0.937. The van der Waals surface area contributed by atoms with Gasteiger partial charge in [0.05, 0.1) is 40.5 Å². The normalized spacial score (nSPS) is 10.9. The number of fused-ring (bicyclic) bond motifs is 1. The third-order valence-electron chi connectivity index (χ3n) is 11.6. The summed E-state index contributed by atoms with van der Waals surface area (Å²) >= 11 is 6.74. The lowest BCUT2D eigenvalue weighted by molar-refractivity contribution is 0.0719. The molecule has 6 aromatic carbocycles. The lowest BCUT2D eigenvalue weighted by Gasteiger charge is -2.11. The second-order valence-corrected chi connectivity index (χ2v) is 17.4. The van der Waals surface area contributed by atoms with Crippen LogP contribution in [0.25, 0.3) is 10.8 Å². The van der Waals surface area contributed by atoms with Gasteiger partial charge in [-0.1, -0.05) is 127 Å². The average Bonchev–Trinajstić information content (AvgIpc) is 3.37. The summed E-state index contributed by atoms with van der Waals surface area (Å²) in [6, 6.07) is 33.9. The predicted molar refractivity (Wildman–Crippen MR) is 271 cm³/mol. The number of esters is 4. The van der Waals surface area contributed by atoms with Gasteiger partial charge < -0.3 is 28.4 Å². The van der Waals surface area contributed by atoms with Crippen LogP contribution in [0, 0.1) is 0 Å². The first-order valence-corrected chi connectivity index (χ1v) is 24.9. The molecular formula is C58H63ClO10. The molecule has 10 nitrogen and oxygen atoms in total. The van der Waals surface area contributed by atoms with E-state index in [9.17, 15) is 19.2 Å². The zero-order valence-corrected chi connectivity index (χ0v) is 40.6. The smallest absolute Gasteiger partial charge is 0.343 e. The number of hydrogen-bond acceptors (Lipinski definition) is 10. The van der Waals surface area contributed by atoms with Gasteiger partial charge in [-0.3, -0.25) is 0 Å². The van der Waals surface area contributed by atoms with Gasteiger partial charge in [0.15, 0.2) is 0 Å². The minimum Gasteiger partial charge on any atom is -0.494 e. The zero-order chi connectivity index (χ0) is 48.6. The molecule has 69 heavy (non-hydrogen) atoms. The number of benzene rings is 6. The van der Waals surface area contributed by atoms with Gasteiger partial charge in [-0.15, -0.1) is 0 Å². The van der Waals surface area contributed by atoms with Gasteiger partial charge in [-0.05, 0) is 133 Å². The predicted octanol–water partition coefficient (Wildman–Crippen LogP) is 15.4. The highest BCUT2D eigenvalue weighted by Gasteiger charge is 2.18. The van der Waals surface area contributed by atoms with Crippen molar-refractivity contribution in [1.29, 1.82) is 0 Å². The molecule has 0 amide bonds. The molecule has 0 fully saturated rings. The first-order valence-electron chi connectivity index (χ1n) is 24.5. The van der Waals surface area contributed by atoms with Crippen molar-refractivity contribution >= 4 is 46.3 Å². The van der Waals surface area contributed by atoms with E-state index >= 15 is 0 Å². The van der Waals surface area contributed by atoms with Crippen molar-refractivity contribution < 1.29 is 47.6 Å². The van der Waals surface area contributed by atoms with Crippen LogP contribution in [-0.4, -0.2) is 37.1 Å². The van der Waals surface area contributed by atoms with E-state index in [-0.39, 0.29) is 39.0 Å². The first kappa shape index (κ1) is 51.7. The van der Waals surface area contributed by atoms with Gasteiger partial charge in [-0.25, -0.2) is 19.2 Å². The molecule has 0 aliphatic heterocycles. The monoisotopic (exact) mass is 954 g/mol. The molecule has 0 aliphatic carbocycles. The van der Waals surface area contributed by atoms with E-state index in [1.54, 1.807) is 78.9 Å². The van der Waals surface area contributed by atoms with Crippen molar-refractivity contribution in [3.05, 3.63) is 155 Å². The number of carbonyl (C=O) groups is 4. The van der Waals surface area contributed by atoms with Crippen LogP contribution in [-0.2, 0) is 0 Å². The van der Waals surface area contributed by atoms with Gasteiger partial charge in [0.2, 0.25) is 0 Å². The Labute approximate surface area is 411 Å². The van der Waals surface area contributed by atoms with E-state index < -0.39 is 23.9 Å². The highest BCUT2D eigenvalue weighted by Crippen LogP contribution is 2.34. The summed E-state index contributed by atoms with van der Waals surface area (Å²) in [6.07, 6.45) is 19.6. The van der Waals surface area contributed by atoms with Crippen LogP contribution in [0.3, 0.4) is 0 Å². The van der Waals surface area contributed by atoms with Crippen molar-refractivity contribution in [1.82, 2.24) is 0 Å². The number of unbranched alkanes of at least 4 members (excludes halogenated alkanes) is 14. The Morgan fingerprint density at radius 2 is 0.681 bits per heavy atom. The highest BCUT2D eigenvalue weighted by atomic mass is 35.5. The molecule has 0 heterocycles. The van der Waals surface area contributed by atoms with E-state index in [0.29, 0.717) is 41.0 Å². The Morgan fingerprint density at radius 3 is 1.12 bits per heavy atom. The standard InChI is InChI=1S/C58H63ClO10/c1-3-5-7-9-11-13-15-17-39-64-47-28-21-43(22-29-47)55(60)66-49-32-25-45(26-33-49)57(62)69-53-38-27-42-19-20-46(41-52(42)54(53)59)58(63)68-50-30-23-44(24-31-50)56(61)67-51-36-34-48(35-37-51)65-40-18-16-14-12-10-8-6-4-2/h19-38,41H,3-18,39-40H2,1-2H3. The molecule has 6 rings (SSSR count). The molecule has 0 saturated heterocycles. The van der Waals surface area contributed by atoms with Crippen molar-refractivity contribution in [2.75, 3.05) is 13.2 Å². The van der Waals surface area contributed by atoms with Crippen LogP contribution in [0.5, 0.6) is 34.5 Å². The summed E-state index contributed by atoms with van der Waals surface area (Å²) in [5, 5.41) is 1.28. The molecule has 0 aliphatic rings. The molecule has 0 saturated carbocycles. The molecule has 0 bridgehead atoms. The van der Waals surface area contributed by atoms with Crippen molar-refractivity contribution in [3.8, 4) is 34.5 Å². The highest BCUT2D eigenvalue weighted by molar-refractivity contribution is 6.37. The topological polar surface area (TPSA) is 124 Å². The van der Waals surface area contributed by atoms with E-state index in [4.69, 9.17) is 40.0 Å². The summed E-state index contributed by atoms with van der Waals surface area (Å²) in [5.41, 5.74) is 1.03. The van der Waals surface area contributed by atoms with Crippen LogP contribution in [0.1, 0.15) is 158 Å². The van der Waals surface area contributed by atoms with Crippen LogP contribution >= 0.6 is 11.6 Å². The van der Waals surface area contributed by atoms with Gasteiger partial charge >= 0.3 is 23.9 Å². The second-order valence-electron chi connectivity index (χ2n) is 17.1. The van der Waals surface area contributed by atoms with Crippen LogP contribution in [0.2, 0.25) is 5.02 Å². The summed E-state index contributed by atoms with van der Waals surface area (Å²) in [7, 11) is 0. The van der Waals surface area contributed by atoms with Gasteiger partial charge in [0.25, 0.3) is 0 Å². The fourth-order valence-electron chi connectivity index (χ4n) is 7.59. The zero-order valence-electron chi connectivity index (χ0n) is 39.8. The molecule has 0 radical (unpaired) electrons. The third-order valence-corrected chi connectivity index (χ3v) is 12.0. The molecule has 0 atom stereocenters. The Bertz CT molecular complexity index is 2550. The van der Waals surface area contributed by atoms with E-state index in [2.05, 4.69) is 13.8 Å². The van der Waals surface area contributed by atoms with Gasteiger partial charge in [0.1, 0.15) is 34.5 Å². The quantitative estimate of drug-likeness (QED) is 0.0267. The van der Waals surface area contributed by atoms with Crippen LogP contribution in [0.4, 0.5) is 0 Å². The van der Waals surface area contributed by atoms with E-state index in [1.807, 2.05) is 0 Å². The molecule has 0 N–H and O–H groups in total. The summed E-state index contributed by atoms with van der Waals surface area (Å²) in [5.74, 6) is -0.117. The van der Waals surface area contributed by atoms with Crippen molar-refractivity contribution in [3.63, 3.8) is 0 Å². The molecular weight excluding hydrogens is 892 g/mol. The molecule has 0 spiro atoms. The number of ether oxygens (including phenoxy) is 6. The van der Waals surface area contributed by atoms with E-state index in [1.165, 1.54) is 126 Å². The average molecular weight is 956 g/mol. The molecule has 0 unspecified atom stereocenters. The summed E-state index contributed by atoms with van der Waals surface area (Å²) < 4.78 is 34.0. The van der Waals surface area contributed by atoms with Gasteiger partial charge in [0, 0.05) is 5.39 Å². The fourth-order valence-corrected chi connectivity index (χ4v) is 7.85. The first-order chi connectivity index (χ1) is 33.7. The van der Waals surface area contributed by atoms with Crippen LogP contribution < -0.4 is 28.4 Å². The molecule has 362 valence electrons. The minimum absolute atomic E-state index is 0.0845. The third kappa shape index (κ3) is 16.8. The molecule has 6 aromatic rings. The summed E-state index contributed by atoms with van der Waals surface area (Å²) in [6.45, 7) is 5.73. The fraction of sp³-hybridized carbons (Fsp3) is 0.345. The summed E-state index contributed by atoms with van der Waals surface area (Å²) in [4.78, 5) is 52.2. The SMILES string of the molecule is CCCCCCCCCCOc1ccc(OC(=O)c2ccc(OC(=O)c3ccc4ccc(OC(=O)c5ccc(OC(=O)c6ccc(OCCCCCCCCCC)cc6)cc5)c(Cl)c4c3)cc2)cc1. The maximum absolute atomic E-state index is 13.2. The van der Waals surface area contributed by atoms with Gasteiger partial charge in [-0.2, -0.15) is 0 Å². The minimum atomic E-state index is -0.688. The lowest BCUT2D eigenvalue weighted by atomic mass is 10.1. The molecule has 0 aromatic heterocycles. The number of rotatable bonds is 28. The Morgan fingerprint density at radius 1 is 0.362 bits per heavy atom. The lowest BCUT2D eigenvalue weighted by Crippen LogP contribution is -2.11. The number of hydrogen-bond donors (Lipinski definition) is 0. The Hall–Kier alpha value is -6.65. The van der Waals surface area contributed by atoms with E-state index in [0.717, 1.165) is 31.4 Å². The van der Waals surface area contributed by atoms with Crippen molar-refractivity contribution in [2.45, 2.75) is 117 Å². The maximum atomic E-state index is 13.2. The number of carbonyl (C=O) groups excluding carboxylic acids is 4. The largest absolute Gasteiger partial charge is 0.494 e.